The number of rotatable bonds is 5. The fourth-order valence-corrected chi connectivity index (χ4v) is 3.11. The van der Waals surface area contributed by atoms with E-state index in [1.54, 1.807) is 13.8 Å². The number of fused-ring (bicyclic) bond motifs is 1. The molecule has 0 saturated carbocycles. The summed E-state index contributed by atoms with van der Waals surface area (Å²) >= 11 is 0.830. The van der Waals surface area contributed by atoms with Crippen LogP contribution in [0.15, 0.2) is 9.57 Å². The van der Waals surface area contributed by atoms with Gasteiger partial charge in [-0.3, -0.25) is 0 Å². The van der Waals surface area contributed by atoms with Gasteiger partial charge >= 0.3 is 12.1 Å². The van der Waals surface area contributed by atoms with E-state index < -0.39 is 18.0 Å². The second-order valence-electron chi connectivity index (χ2n) is 5.42. The first-order valence-corrected chi connectivity index (χ1v) is 8.75. The van der Waals surface area contributed by atoms with Crippen LogP contribution in [0.2, 0.25) is 0 Å². The zero-order chi connectivity index (χ0) is 20.6. The van der Waals surface area contributed by atoms with E-state index in [2.05, 4.69) is 20.2 Å². The van der Waals surface area contributed by atoms with Crippen LogP contribution in [0.4, 0.5) is 19.0 Å². The van der Waals surface area contributed by atoms with E-state index in [0.29, 0.717) is 4.68 Å². The third kappa shape index (κ3) is 3.54. The Morgan fingerprint density at radius 3 is 2.64 bits per heavy atom. The van der Waals surface area contributed by atoms with Crippen LogP contribution in [0.3, 0.4) is 0 Å². The molecule has 0 saturated heterocycles. The maximum absolute atomic E-state index is 12.7. The van der Waals surface area contributed by atoms with Crippen molar-refractivity contribution in [1.82, 2.24) is 24.8 Å². The van der Waals surface area contributed by atoms with Crippen molar-refractivity contribution in [3.05, 3.63) is 23.0 Å². The first-order chi connectivity index (χ1) is 13.1. The molecule has 3 rings (SSSR count). The Kier molecular flexibility index (Phi) is 5.06. The standard InChI is InChI=1S/C14H14F3N7O3S/c1-3-26-11(25)7-5(2)27-10-8(7)9(18)20-6(21-10)4-28-13-23-22-12(24(13)19)14(15,16)17/h3-4,19H2,1-2H3,(H2,18,20,21). The van der Waals surface area contributed by atoms with Gasteiger partial charge in [0.1, 0.15) is 23.0 Å². The molecule has 3 aromatic rings. The van der Waals surface area contributed by atoms with Crippen LogP contribution in [0.1, 0.15) is 34.7 Å². The summed E-state index contributed by atoms with van der Waals surface area (Å²) in [6.07, 6.45) is -4.73. The molecule has 0 aromatic carbocycles. The second-order valence-corrected chi connectivity index (χ2v) is 6.36. The number of ether oxygens (including phenoxy) is 1. The number of carbonyl (C=O) groups excluding carboxylic acids is 1. The first kappa shape index (κ1) is 19.7. The number of hydrogen-bond acceptors (Lipinski definition) is 10. The molecule has 0 amide bonds. The average molecular weight is 417 g/mol. The molecule has 0 aliphatic heterocycles. The van der Waals surface area contributed by atoms with Gasteiger partial charge in [-0.15, -0.1) is 10.2 Å². The number of furan rings is 1. The Balaban J connectivity index is 1.88. The van der Waals surface area contributed by atoms with Crippen molar-refractivity contribution in [3.63, 3.8) is 0 Å². The van der Waals surface area contributed by atoms with Gasteiger partial charge in [0.05, 0.1) is 17.7 Å². The fraction of sp³-hybridized carbons (Fsp3) is 0.357. The highest BCUT2D eigenvalue weighted by Gasteiger charge is 2.38. The number of carbonyl (C=O) groups is 1. The summed E-state index contributed by atoms with van der Waals surface area (Å²) < 4.78 is 48.9. The number of anilines is 1. The van der Waals surface area contributed by atoms with Crippen molar-refractivity contribution < 1.29 is 27.1 Å². The number of halogens is 3. The fourth-order valence-electron chi connectivity index (χ4n) is 2.40. The molecule has 0 bridgehead atoms. The summed E-state index contributed by atoms with van der Waals surface area (Å²) in [5.74, 6) is 3.80. The number of hydrogen-bond donors (Lipinski definition) is 2. The molecule has 0 aliphatic carbocycles. The lowest BCUT2D eigenvalue weighted by atomic mass is 10.2. The molecule has 0 fully saturated rings. The Morgan fingerprint density at radius 2 is 2.04 bits per heavy atom. The Labute approximate surface area is 159 Å². The summed E-state index contributed by atoms with van der Waals surface area (Å²) in [5, 5.41) is 6.46. The number of alkyl halides is 3. The number of esters is 1. The third-order valence-corrected chi connectivity index (χ3v) is 4.47. The zero-order valence-corrected chi connectivity index (χ0v) is 15.4. The van der Waals surface area contributed by atoms with Gasteiger partial charge in [0.25, 0.3) is 5.82 Å². The molecule has 3 heterocycles. The average Bonchev–Trinajstić information content (AvgIpc) is 3.12. The normalized spacial score (nSPS) is 11.9. The Hall–Kier alpha value is -3.03. The molecular formula is C14H14F3N7O3S. The number of nitrogens with zero attached hydrogens (tertiary/aromatic N) is 5. The van der Waals surface area contributed by atoms with Gasteiger partial charge in [-0.25, -0.2) is 14.5 Å². The number of aryl methyl sites for hydroxylation is 1. The molecule has 0 spiro atoms. The van der Waals surface area contributed by atoms with Crippen LogP contribution in [-0.4, -0.2) is 37.4 Å². The maximum Gasteiger partial charge on any atom is 0.453 e. The van der Waals surface area contributed by atoms with Crippen LogP contribution in [-0.2, 0) is 16.7 Å². The van der Waals surface area contributed by atoms with E-state index in [9.17, 15) is 18.0 Å². The predicted molar refractivity (Wildman–Crippen MR) is 91.6 cm³/mol. The van der Waals surface area contributed by atoms with Gasteiger partial charge in [0.15, 0.2) is 0 Å². The van der Waals surface area contributed by atoms with Crippen LogP contribution >= 0.6 is 11.8 Å². The monoisotopic (exact) mass is 417 g/mol. The lowest BCUT2D eigenvalue weighted by Gasteiger charge is -2.06. The SMILES string of the molecule is CCOC(=O)c1c(C)oc2nc(CSc3nnc(C(F)(F)F)n3N)nc(N)c12. The maximum atomic E-state index is 12.7. The minimum Gasteiger partial charge on any atom is -0.462 e. The number of nitrogen functional groups attached to an aromatic ring is 2. The molecule has 14 heteroatoms. The van der Waals surface area contributed by atoms with Gasteiger partial charge in [0.2, 0.25) is 10.9 Å². The van der Waals surface area contributed by atoms with Crippen LogP contribution < -0.4 is 11.6 Å². The molecular weight excluding hydrogens is 403 g/mol. The Bertz CT molecular complexity index is 1050. The largest absolute Gasteiger partial charge is 0.462 e. The van der Waals surface area contributed by atoms with Crippen molar-refractivity contribution in [1.29, 1.82) is 0 Å². The summed E-state index contributed by atoms with van der Waals surface area (Å²) in [4.78, 5) is 20.3. The lowest BCUT2D eigenvalue weighted by Crippen LogP contribution is -2.21. The van der Waals surface area contributed by atoms with E-state index in [-0.39, 0.29) is 51.6 Å². The Morgan fingerprint density at radius 1 is 1.32 bits per heavy atom. The van der Waals surface area contributed by atoms with Crippen molar-refractivity contribution >= 4 is 34.6 Å². The van der Waals surface area contributed by atoms with Gasteiger partial charge in [-0.2, -0.15) is 18.2 Å². The molecule has 0 atom stereocenters. The van der Waals surface area contributed by atoms with Crippen LogP contribution in [0.5, 0.6) is 0 Å². The minimum absolute atomic E-state index is 0.0121. The predicted octanol–water partition coefficient (Wildman–Crippen LogP) is 1.91. The number of nitrogens with two attached hydrogens (primary N) is 2. The molecule has 0 unspecified atom stereocenters. The highest BCUT2D eigenvalue weighted by atomic mass is 32.2. The van der Waals surface area contributed by atoms with E-state index in [4.69, 9.17) is 20.7 Å². The van der Waals surface area contributed by atoms with E-state index in [0.717, 1.165) is 11.8 Å². The number of thioether (sulfide) groups is 1. The minimum atomic E-state index is -4.73. The third-order valence-electron chi connectivity index (χ3n) is 3.53. The summed E-state index contributed by atoms with van der Waals surface area (Å²) in [6, 6.07) is 0. The molecule has 28 heavy (non-hydrogen) atoms. The smallest absolute Gasteiger partial charge is 0.453 e. The summed E-state index contributed by atoms with van der Waals surface area (Å²) in [5.41, 5.74) is 6.12. The molecule has 4 N–H and O–H groups in total. The number of aromatic nitrogens is 5. The molecule has 10 nitrogen and oxygen atoms in total. The van der Waals surface area contributed by atoms with Crippen LogP contribution in [0.25, 0.3) is 11.1 Å². The molecule has 150 valence electrons. The van der Waals surface area contributed by atoms with Gasteiger partial charge < -0.3 is 20.7 Å². The highest BCUT2D eigenvalue weighted by molar-refractivity contribution is 7.98. The summed E-state index contributed by atoms with van der Waals surface area (Å²) in [6.45, 7) is 3.38. The molecule has 0 radical (unpaired) electrons. The molecule has 3 aromatic heterocycles. The quantitative estimate of drug-likeness (QED) is 0.358. The van der Waals surface area contributed by atoms with Crippen molar-refractivity contribution in [3.8, 4) is 0 Å². The highest BCUT2D eigenvalue weighted by Crippen LogP contribution is 2.31. The van der Waals surface area contributed by atoms with Gasteiger partial charge in [0, 0.05) is 0 Å². The molecule has 0 aliphatic rings. The second kappa shape index (κ2) is 7.18. The van der Waals surface area contributed by atoms with Crippen molar-refractivity contribution in [2.24, 2.45) is 0 Å². The van der Waals surface area contributed by atoms with E-state index in [1.165, 1.54) is 0 Å². The summed E-state index contributed by atoms with van der Waals surface area (Å²) in [7, 11) is 0. The van der Waals surface area contributed by atoms with E-state index in [1.807, 2.05) is 0 Å². The van der Waals surface area contributed by atoms with Gasteiger partial charge in [-0.05, 0) is 13.8 Å². The van der Waals surface area contributed by atoms with Crippen molar-refractivity contribution in [2.45, 2.75) is 30.9 Å². The first-order valence-electron chi connectivity index (χ1n) is 7.76. The zero-order valence-electron chi connectivity index (χ0n) is 14.6. The lowest BCUT2D eigenvalue weighted by molar-refractivity contribution is -0.146. The van der Waals surface area contributed by atoms with E-state index >= 15 is 0 Å². The van der Waals surface area contributed by atoms with Gasteiger partial charge in [-0.1, -0.05) is 11.8 Å². The van der Waals surface area contributed by atoms with Crippen LogP contribution in [0, 0.1) is 6.92 Å². The topological polar surface area (TPSA) is 148 Å². The van der Waals surface area contributed by atoms with Crippen molar-refractivity contribution in [2.75, 3.05) is 18.2 Å².